The van der Waals surface area contributed by atoms with Gasteiger partial charge in [0.05, 0.1) is 12.3 Å². The van der Waals surface area contributed by atoms with Crippen LogP contribution in [0.4, 0.5) is 4.79 Å². The summed E-state index contributed by atoms with van der Waals surface area (Å²) in [6, 6.07) is 3.78. The quantitative estimate of drug-likeness (QED) is 0.848. The van der Waals surface area contributed by atoms with Crippen LogP contribution in [0.2, 0.25) is 0 Å². The van der Waals surface area contributed by atoms with E-state index in [2.05, 4.69) is 11.4 Å². The number of nitrogens with zero attached hydrogens (tertiary/aromatic N) is 2. The molecule has 8 heteroatoms. The smallest absolute Gasteiger partial charge is 0.318 e. The molecule has 7 nitrogen and oxygen atoms in total. The third-order valence-electron chi connectivity index (χ3n) is 5.67. The van der Waals surface area contributed by atoms with E-state index < -0.39 is 10.0 Å². The molecule has 1 saturated heterocycles. The van der Waals surface area contributed by atoms with E-state index in [1.54, 1.807) is 4.90 Å². The van der Waals surface area contributed by atoms with E-state index in [1.165, 1.54) is 16.1 Å². The molecule has 3 rings (SSSR count). The van der Waals surface area contributed by atoms with Crippen molar-refractivity contribution in [1.82, 2.24) is 14.5 Å². The van der Waals surface area contributed by atoms with Gasteiger partial charge in [-0.3, -0.25) is 0 Å². The first-order valence-electron chi connectivity index (χ1n) is 9.47. The third-order valence-corrected chi connectivity index (χ3v) is 7.08. The van der Waals surface area contributed by atoms with Crippen LogP contribution in [0.25, 0.3) is 0 Å². The largest absolute Gasteiger partial charge is 0.490 e. The Hall–Kier alpha value is -1.80. The van der Waals surface area contributed by atoms with Crippen LogP contribution in [0.15, 0.2) is 12.1 Å². The molecule has 0 aliphatic carbocycles. The fourth-order valence-corrected chi connectivity index (χ4v) is 5.24. The highest BCUT2D eigenvalue weighted by atomic mass is 32.2. The Morgan fingerprint density at radius 1 is 1.30 bits per heavy atom. The number of carbonyl (C=O) groups is 1. The first kappa shape index (κ1) is 19.9. The maximum absolute atomic E-state index is 12.7. The predicted octanol–water partition coefficient (Wildman–Crippen LogP) is 2.19. The van der Waals surface area contributed by atoms with Gasteiger partial charge in [-0.1, -0.05) is 19.1 Å². The Bertz CT molecular complexity index is 816. The van der Waals surface area contributed by atoms with Crippen LogP contribution < -0.4 is 10.1 Å². The molecule has 2 aliphatic heterocycles. The second-order valence-electron chi connectivity index (χ2n) is 7.42. The van der Waals surface area contributed by atoms with Gasteiger partial charge in [0.2, 0.25) is 10.0 Å². The lowest BCUT2D eigenvalue weighted by Crippen LogP contribution is -2.51. The highest BCUT2D eigenvalue weighted by Gasteiger charge is 2.33. The highest BCUT2D eigenvalue weighted by molar-refractivity contribution is 7.88. The molecule has 0 aromatic heterocycles. The van der Waals surface area contributed by atoms with Gasteiger partial charge in [0, 0.05) is 31.2 Å². The number of likely N-dealkylation sites (tertiary alicyclic amines) is 1. The van der Waals surface area contributed by atoms with E-state index in [-0.39, 0.29) is 18.1 Å². The van der Waals surface area contributed by atoms with Crippen LogP contribution in [0.1, 0.15) is 42.5 Å². The van der Waals surface area contributed by atoms with Crippen LogP contribution in [-0.2, 0) is 10.0 Å². The van der Waals surface area contributed by atoms with Gasteiger partial charge in [0.15, 0.2) is 0 Å². The number of hydrogen-bond acceptors (Lipinski definition) is 4. The van der Waals surface area contributed by atoms with E-state index >= 15 is 0 Å². The number of sulfonamides is 1. The summed E-state index contributed by atoms with van der Waals surface area (Å²) in [7, 11) is -3.21. The molecule has 1 aromatic rings. The van der Waals surface area contributed by atoms with Gasteiger partial charge in [-0.2, -0.15) is 4.31 Å². The van der Waals surface area contributed by atoms with Crippen molar-refractivity contribution in [2.45, 2.75) is 45.7 Å². The SMILES string of the molecule is CCN(C1CCN(C(=O)N[C@H]2COc3c2ccc(C)c3C)CC1)S(C)(=O)=O. The lowest BCUT2D eigenvalue weighted by atomic mass is 10.0. The molecule has 1 fully saturated rings. The van der Waals surface area contributed by atoms with Crippen LogP contribution in [0, 0.1) is 13.8 Å². The molecule has 27 heavy (non-hydrogen) atoms. The number of amides is 2. The predicted molar refractivity (Wildman–Crippen MR) is 105 cm³/mol. The number of fused-ring (bicyclic) bond motifs is 1. The van der Waals surface area contributed by atoms with Crippen LogP contribution in [-0.4, -0.2) is 62.2 Å². The average Bonchev–Trinajstić information content (AvgIpc) is 3.01. The summed E-state index contributed by atoms with van der Waals surface area (Å²) < 4.78 is 31.1. The molecule has 2 heterocycles. The molecule has 1 aromatic carbocycles. The van der Waals surface area contributed by atoms with E-state index in [0.717, 1.165) is 16.9 Å². The monoisotopic (exact) mass is 395 g/mol. The van der Waals surface area contributed by atoms with Gasteiger partial charge in [-0.15, -0.1) is 0 Å². The molecule has 0 spiro atoms. The van der Waals surface area contributed by atoms with Gasteiger partial charge in [-0.25, -0.2) is 13.2 Å². The van der Waals surface area contributed by atoms with Crippen molar-refractivity contribution in [1.29, 1.82) is 0 Å². The van der Waals surface area contributed by atoms with E-state index in [4.69, 9.17) is 4.74 Å². The molecule has 2 aliphatic rings. The zero-order valence-corrected chi connectivity index (χ0v) is 17.3. The van der Waals surface area contributed by atoms with Gasteiger partial charge in [-0.05, 0) is 37.8 Å². The third kappa shape index (κ3) is 4.06. The van der Waals surface area contributed by atoms with E-state index in [1.807, 2.05) is 26.8 Å². The maximum Gasteiger partial charge on any atom is 0.318 e. The molecule has 2 amide bonds. The van der Waals surface area contributed by atoms with Crippen molar-refractivity contribution >= 4 is 16.1 Å². The standard InChI is InChI=1S/C19H29N3O4S/c1-5-22(27(4,24)25)15-8-10-21(11-9-15)19(23)20-17-12-26-18-14(3)13(2)6-7-16(17)18/h6-7,15,17H,5,8-12H2,1-4H3,(H,20,23)/t17-/m0/s1. The van der Waals surface area contributed by atoms with E-state index in [0.29, 0.717) is 39.1 Å². The van der Waals surface area contributed by atoms with Gasteiger partial charge in [0.1, 0.15) is 12.4 Å². The lowest BCUT2D eigenvalue weighted by Gasteiger charge is -2.37. The van der Waals surface area contributed by atoms with Crippen LogP contribution in [0.5, 0.6) is 5.75 Å². The normalized spacial score (nSPS) is 20.5. The minimum Gasteiger partial charge on any atom is -0.490 e. The molecule has 150 valence electrons. The molecular weight excluding hydrogens is 366 g/mol. The Balaban J connectivity index is 1.60. The summed E-state index contributed by atoms with van der Waals surface area (Å²) >= 11 is 0. The lowest BCUT2D eigenvalue weighted by molar-refractivity contribution is 0.155. The summed E-state index contributed by atoms with van der Waals surface area (Å²) in [6.07, 6.45) is 2.56. The van der Waals surface area contributed by atoms with Gasteiger partial charge < -0.3 is 15.0 Å². The van der Waals surface area contributed by atoms with Crippen molar-refractivity contribution < 1.29 is 17.9 Å². The zero-order valence-electron chi connectivity index (χ0n) is 16.5. The fraction of sp³-hybridized carbons (Fsp3) is 0.632. The summed E-state index contributed by atoms with van der Waals surface area (Å²) in [6.45, 7) is 7.94. The molecule has 0 unspecified atom stereocenters. The van der Waals surface area contributed by atoms with Crippen LogP contribution >= 0.6 is 0 Å². The number of urea groups is 1. The molecule has 1 N–H and O–H groups in total. The second kappa shape index (κ2) is 7.67. The van der Waals surface area contributed by atoms with Crippen molar-refractivity contribution in [3.63, 3.8) is 0 Å². The number of piperidine rings is 1. The highest BCUT2D eigenvalue weighted by Crippen LogP contribution is 2.36. The molecular formula is C19H29N3O4S. The Morgan fingerprint density at radius 3 is 2.56 bits per heavy atom. The summed E-state index contributed by atoms with van der Waals surface area (Å²) in [5.74, 6) is 0.880. The minimum atomic E-state index is -3.21. The van der Waals surface area contributed by atoms with E-state index in [9.17, 15) is 13.2 Å². The summed E-state index contributed by atoms with van der Waals surface area (Å²) in [5, 5.41) is 3.07. The molecule has 1 atom stereocenters. The number of benzene rings is 1. The van der Waals surface area contributed by atoms with Crippen molar-refractivity contribution in [2.75, 3.05) is 32.5 Å². The Morgan fingerprint density at radius 2 is 1.96 bits per heavy atom. The number of rotatable bonds is 4. The fourth-order valence-electron chi connectivity index (χ4n) is 4.01. The molecule has 0 bridgehead atoms. The number of hydrogen-bond donors (Lipinski definition) is 1. The number of carbonyl (C=O) groups excluding carboxylic acids is 1. The van der Waals surface area contributed by atoms with Crippen LogP contribution in [0.3, 0.4) is 0 Å². The van der Waals surface area contributed by atoms with Crippen molar-refractivity contribution in [3.05, 3.63) is 28.8 Å². The van der Waals surface area contributed by atoms with Crippen molar-refractivity contribution in [3.8, 4) is 5.75 Å². The maximum atomic E-state index is 12.7. The minimum absolute atomic E-state index is 0.0322. The topological polar surface area (TPSA) is 79.0 Å². The van der Waals surface area contributed by atoms with Gasteiger partial charge in [0.25, 0.3) is 0 Å². The summed E-state index contributed by atoms with van der Waals surface area (Å²) in [4.78, 5) is 14.5. The number of aryl methyl sites for hydroxylation is 1. The Kier molecular flexibility index (Phi) is 5.67. The first-order chi connectivity index (χ1) is 12.7. The zero-order chi connectivity index (χ0) is 19.8. The van der Waals surface area contributed by atoms with Gasteiger partial charge >= 0.3 is 6.03 Å². The molecule has 0 radical (unpaired) electrons. The number of nitrogens with one attached hydrogen (secondary N) is 1. The second-order valence-corrected chi connectivity index (χ2v) is 9.36. The summed E-state index contributed by atoms with van der Waals surface area (Å²) in [5.41, 5.74) is 3.32. The first-order valence-corrected chi connectivity index (χ1v) is 11.3. The van der Waals surface area contributed by atoms with Crippen molar-refractivity contribution in [2.24, 2.45) is 0 Å². The Labute approximate surface area is 161 Å². The molecule has 0 saturated carbocycles. The average molecular weight is 396 g/mol. The number of ether oxygens (including phenoxy) is 1.